The van der Waals surface area contributed by atoms with Crippen molar-refractivity contribution in [3.05, 3.63) is 16.7 Å². The van der Waals surface area contributed by atoms with Crippen molar-refractivity contribution in [2.24, 2.45) is 0 Å². The Kier molecular flexibility index (Phi) is 3.42. The van der Waals surface area contributed by atoms with Crippen LogP contribution in [0.5, 0.6) is 17.2 Å². The van der Waals surface area contributed by atoms with E-state index in [1.165, 1.54) is 27.2 Å². The highest BCUT2D eigenvalue weighted by molar-refractivity contribution is 6.33. The van der Waals surface area contributed by atoms with Crippen molar-refractivity contribution in [3.63, 3.8) is 0 Å². The molecule has 4 nitrogen and oxygen atoms in total. The number of phenols is 1. The molecule has 0 aliphatic rings. The Labute approximate surface area is 92.4 Å². The molecule has 0 fully saturated rings. The number of carbonyl (C=O) groups excluding carboxylic acids is 1. The Hall–Kier alpha value is -1.42. The van der Waals surface area contributed by atoms with Crippen molar-refractivity contribution in [1.82, 2.24) is 0 Å². The van der Waals surface area contributed by atoms with Crippen LogP contribution < -0.4 is 9.47 Å². The number of hydrogen-bond donors (Lipinski definition) is 1. The lowest BCUT2D eigenvalue weighted by atomic mass is 10.1. The molecule has 1 aromatic rings. The molecular formula is C10H11ClO4. The maximum Gasteiger partial charge on any atom is 0.205 e. The minimum Gasteiger partial charge on any atom is -0.504 e. The van der Waals surface area contributed by atoms with Gasteiger partial charge in [-0.15, -0.1) is 0 Å². The maximum absolute atomic E-state index is 11.2. The molecule has 5 heteroatoms. The molecule has 15 heavy (non-hydrogen) atoms. The smallest absolute Gasteiger partial charge is 0.205 e. The van der Waals surface area contributed by atoms with E-state index in [-0.39, 0.29) is 33.6 Å². The predicted octanol–water partition coefficient (Wildman–Crippen LogP) is 2.27. The van der Waals surface area contributed by atoms with Gasteiger partial charge in [0.05, 0.1) is 24.8 Å². The standard InChI is InChI=1S/C10H11ClO4/c1-5(12)6-4-7(11)9(14-2)10(15-3)8(6)13/h4,13H,1-3H3. The van der Waals surface area contributed by atoms with E-state index in [1.54, 1.807) is 0 Å². The summed E-state index contributed by atoms with van der Waals surface area (Å²) in [5, 5.41) is 9.93. The molecule has 0 radical (unpaired) electrons. The van der Waals surface area contributed by atoms with Crippen LogP contribution in [-0.4, -0.2) is 25.1 Å². The minimum absolute atomic E-state index is 0.0650. The van der Waals surface area contributed by atoms with Crippen LogP contribution in [0.4, 0.5) is 0 Å². The molecular weight excluding hydrogens is 220 g/mol. The van der Waals surface area contributed by atoms with Gasteiger partial charge in [0.25, 0.3) is 0 Å². The number of benzene rings is 1. The van der Waals surface area contributed by atoms with Gasteiger partial charge in [0.1, 0.15) is 0 Å². The summed E-state index contributed by atoms with van der Waals surface area (Å²) in [5.41, 5.74) is 0.109. The number of ether oxygens (including phenoxy) is 2. The maximum atomic E-state index is 11.2. The van der Waals surface area contributed by atoms with Crippen LogP contribution in [0.25, 0.3) is 0 Å². The SMILES string of the molecule is COc1c(Cl)cc(C(C)=O)c(O)c1OC. The monoisotopic (exact) mass is 230 g/mol. The van der Waals surface area contributed by atoms with Crippen molar-refractivity contribution in [3.8, 4) is 17.2 Å². The van der Waals surface area contributed by atoms with Gasteiger partial charge < -0.3 is 14.6 Å². The molecule has 1 N–H and O–H groups in total. The summed E-state index contributed by atoms with van der Waals surface area (Å²) < 4.78 is 9.88. The van der Waals surface area contributed by atoms with Gasteiger partial charge in [-0.05, 0) is 13.0 Å². The zero-order chi connectivity index (χ0) is 11.6. The lowest BCUT2D eigenvalue weighted by Crippen LogP contribution is -1.98. The van der Waals surface area contributed by atoms with Gasteiger partial charge in [-0.3, -0.25) is 4.79 Å². The summed E-state index contributed by atoms with van der Waals surface area (Å²) in [5.74, 6) is -0.279. The molecule has 0 aliphatic heterocycles. The molecule has 0 heterocycles. The number of phenolic OH excluding ortho intramolecular Hbond substituents is 1. The topological polar surface area (TPSA) is 55.8 Å². The fraction of sp³-hybridized carbons (Fsp3) is 0.300. The van der Waals surface area contributed by atoms with Crippen molar-refractivity contribution in [1.29, 1.82) is 0 Å². The van der Waals surface area contributed by atoms with Gasteiger partial charge in [-0.25, -0.2) is 0 Å². The number of methoxy groups -OCH3 is 2. The van der Waals surface area contributed by atoms with Crippen LogP contribution in [0, 0.1) is 0 Å². The summed E-state index contributed by atoms with van der Waals surface area (Å²) >= 11 is 5.86. The van der Waals surface area contributed by atoms with Gasteiger partial charge in [0.15, 0.2) is 17.3 Å². The molecule has 1 rings (SSSR count). The summed E-state index contributed by atoms with van der Waals surface area (Å²) in [6.07, 6.45) is 0. The minimum atomic E-state index is -0.296. The Morgan fingerprint density at radius 3 is 2.27 bits per heavy atom. The summed E-state index contributed by atoms with van der Waals surface area (Å²) in [6.45, 7) is 1.33. The highest BCUT2D eigenvalue weighted by Crippen LogP contribution is 2.44. The molecule has 0 bridgehead atoms. The van der Waals surface area contributed by atoms with E-state index in [9.17, 15) is 9.90 Å². The first-order chi connectivity index (χ1) is 7.02. The zero-order valence-corrected chi connectivity index (χ0v) is 9.38. The third kappa shape index (κ3) is 1.99. The number of aromatic hydroxyl groups is 1. The summed E-state index contributed by atoms with van der Waals surface area (Å²) in [6, 6.07) is 1.35. The Morgan fingerprint density at radius 1 is 1.33 bits per heavy atom. The lowest BCUT2D eigenvalue weighted by Gasteiger charge is -2.12. The van der Waals surface area contributed by atoms with Crippen LogP contribution in [0.3, 0.4) is 0 Å². The first kappa shape index (κ1) is 11.7. The highest BCUT2D eigenvalue weighted by atomic mass is 35.5. The first-order valence-electron chi connectivity index (χ1n) is 4.17. The Morgan fingerprint density at radius 2 is 1.87 bits per heavy atom. The van der Waals surface area contributed by atoms with Crippen molar-refractivity contribution in [2.45, 2.75) is 6.92 Å². The molecule has 0 saturated heterocycles. The molecule has 0 aliphatic carbocycles. The van der Waals surface area contributed by atoms with Crippen LogP contribution in [-0.2, 0) is 0 Å². The number of hydrogen-bond acceptors (Lipinski definition) is 4. The molecule has 82 valence electrons. The largest absolute Gasteiger partial charge is 0.504 e. The van der Waals surface area contributed by atoms with Crippen LogP contribution in [0.2, 0.25) is 5.02 Å². The molecule has 0 saturated carbocycles. The van der Waals surface area contributed by atoms with E-state index in [0.29, 0.717) is 0 Å². The molecule has 0 atom stereocenters. The third-order valence-corrected chi connectivity index (χ3v) is 2.23. The van der Waals surface area contributed by atoms with Crippen LogP contribution in [0.1, 0.15) is 17.3 Å². The average Bonchev–Trinajstić information content (AvgIpc) is 2.19. The van der Waals surface area contributed by atoms with E-state index < -0.39 is 0 Å². The van der Waals surface area contributed by atoms with Crippen molar-refractivity contribution < 1.29 is 19.4 Å². The van der Waals surface area contributed by atoms with E-state index in [2.05, 4.69) is 0 Å². The second kappa shape index (κ2) is 4.40. The normalized spacial score (nSPS) is 9.87. The van der Waals surface area contributed by atoms with Gasteiger partial charge in [-0.1, -0.05) is 11.6 Å². The fourth-order valence-corrected chi connectivity index (χ4v) is 1.52. The van der Waals surface area contributed by atoms with E-state index in [0.717, 1.165) is 0 Å². The van der Waals surface area contributed by atoms with E-state index in [4.69, 9.17) is 21.1 Å². The van der Waals surface area contributed by atoms with Crippen molar-refractivity contribution >= 4 is 17.4 Å². The van der Waals surface area contributed by atoms with Gasteiger partial charge >= 0.3 is 0 Å². The number of rotatable bonds is 3. The highest BCUT2D eigenvalue weighted by Gasteiger charge is 2.20. The summed E-state index contributed by atoms with van der Waals surface area (Å²) in [7, 11) is 2.76. The fourth-order valence-electron chi connectivity index (χ4n) is 1.25. The van der Waals surface area contributed by atoms with Crippen LogP contribution in [0.15, 0.2) is 6.07 Å². The lowest BCUT2D eigenvalue weighted by molar-refractivity contribution is 0.101. The van der Waals surface area contributed by atoms with E-state index in [1.807, 2.05) is 0 Å². The number of carbonyl (C=O) groups is 1. The number of Topliss-reactive ketones (excluding diaryl/α,β-unsaturated/α-hetero) is 1. The van der Waals surface area contributed by atoms with Crippen LogP contribution >= 0.6 is 11.6 Å². The molecule has 0 aromatic heterocycles. The zero-order valence-electron chi connectivity index (χ0n) is 8.63. The Bertz CT molecular complexity index is 401. The average molecular weight is 231 g/mol. The Balaban J connectivity index is 3.51. The van der Waals surface area contributed by atoms with Gasteiger partial charge in [0.2, 0.25) is 5.75 Å². The van der Waals surface area contributed by atoms with Gasteiger partial charge in [0, 0.05) is 0 Å². The molecule has 0 amide bonds. The third-order valence-electron chi connectivity index (χ3n) is 1.95. The molecule has 1 aromatic carbocycles. The van der Waals surface area contributed by atoms with Gasteiger partial charge in [-0.2, -0.15) is 0 Å². The van der Waals surface area contributed by atoms with Crippen molar-refractivity contribution in [2.75, 3.05) is 14.2 Å². The predicted molar refractivity (Wildman–Crippen MR) is 56.2 cm³/mol. The first-order valence-corrected chi connectivity index (χ1v) is 4.55. The quantitative estimate of drug-likeness (QED) is 0.810. The second-order valence-corrected chi connectivity index (χ2v) is 3.28. The summed E-state index contributed by atoms with van der Waals surface area (Å²) in [4.78, 5) is 11.2. The second-order valence-electron chi connectivity index (χ2n) is 2.88. The van der Waals surface area contributed by atoms with E-state index >= 15 is 0 Å². The number of ketones is 1. The number of halogens is 1. The molecule has 0 unspecified atom stereocenters. The molecule has 0 spiro atoms.